The summed E-state index contributed by atoms with van der Waals surface area (Å²) in [5, 5.41) is 0.597. The third-order valence-electron chi connectivity index (χ3n) is 2.70. The van der Waals surface area contributed by atoms with Gasteiger partial charge in [0.15, 0.2) is 5.13 Å². The van der Waals surface area contributed by atoms with E-state index in [0.29, 0.717) is 5.13 Å². The van der Waals surface area contributed by atoms with E-state index in [-0.39, 0.29) is 11.9 Å². The predicted molar refractivity (Wildman–Crippen MR) is 67.9 cm³/mol. The lowest BCUT2D eigenvalue weighted by Crippen LogP contribution is -2.31. The van der Waals surface area contributed by atoms with Gasteiger partial charge in [-0.3, -0.25) is 4.79 Å². The van der Waals surface area contributed by atoms with Gasteiger partial charge in [0.25, 0.3) is 0 Å². The zero-order valence-electron chi connectivity index (χ0n) is 10.4. The number of esters is 1. The van der Waals surface area contributed by atoms with Crippen LogP contribution < -0.4 is 5.73 Å². The molecule has 2 N–H and O–H groups in total. The summed E-state index contributed by atoms with van der Waals surface area (Å²) in [7, 11) is 0. The second-order valence-corrected chi connectivity index (χ2v) is 6.51. The fourth-order valence-electron chi connectivity index (χ4n) is 1.98. The predicted octanol–water partition coefficient (Wildman–Crippen LogP) is 2.17. The number of fused-ring (bicyclic) bond motifs is 1. The van der Waals surface area contributed by atoms with Gasteiger partial charge in [0.1, 0.15) is 5.60 Å². The summed E-state index contributed by atoms with van der Waals surface area (Å²) >= 11 is 1.49. The van der Waals surface area contributed by atoms with Gasteiger partial charge in [-0.15, -0.1) is 11.3 Å². The number of aromatic nitrogens is 1. The van der Waals surface area contributed by atoms with Crippen LogP contribution in [0.2, 0.25) is 0 Å². The average molecular weight is 254 g/mol. The maximum atomic E-state index is 12.0. The minimum absolute atomic E-state index is 0.0402. The van der Waals surface area contributed by atoms with Crippen LogP contribution in [0.25, 0.3) is 0 Å². The fraction of sp³-hybridized carbons (Fsp3) is 0.667. The molecule has 0 bridgehead atoms. The lowest BCUT2D eigenvalue weighted by molar-refractivity contribution is -0.160. The van der Waals surface area contributed by atoms with Gasteiger partial charge >= 0.3 is 5.97 Å². The Kier molecular flexibility index (Phi) is 3.12. The normalized spacial score (nSPS) is 19.8. The summed E-state index contributed by atoms with van der Waals surface area (Å²) < 4.78 is 5.41. The molecule has 94 valence electrons. The molecule has 0 saturated heterocycles. The molecule has 0 saturated carbocycles. The molecule has 4 nitrogen and oxygen atoms in total. The molecular weight excluding hydrogens is 236 g/mol. The summed E-state index contributed by atoms with van der Waals surface area (Å²) in [5.41, 5.74) is 6.32. The number of nitrogens with zero attached hydrogens (tertiary/aromatic N) is 1. The first kappa shape index (κ1) is 12.4. The van der Waals surface area contributed by atoms with Crippen molar-refractivity contribution in [2.45, 2.75) is 45.6 Å². The Hall–Kier alpha value is -1.10. The monoisotopic (exact) mass is 254 g/mol. The SMILES string of the molecule is CC(C)(C)OC(=O)C1CCc2nc(N)sc2C1. The van der Waals surface area contributed by atoms with Crippen LogP contribution in [-0.4, -0.2) is 16.6 Å². The highest BCUT2D eigenvalue weighted by Gasteiger charge is 2.30. The number of hydrogen-bond donors (Lipinski definition) is 1. The molecule has 1 aliphatic carbocycles. The van der Waals surface area contributed by atoms with E-state index in [1.807, 2.05) is 20.8 Å². The van der Waals surface area contributed by atoms with Gasteiger partial charge in [-0.2, -0.15) is 0 Å². The number of carbonyl (C=O) groups is 1. The minimum Gasteiger partial charge on any atom is -0.460 e. The molecule has 1 aromatic rings. The molecule has 1 heterocycles. The molecule has 1 unspecified atom stereocenters. The van der Waals surface area contributed by atoms with E-state index in [0.717, 1.165) is 29.8 Å². The maximum absolute atomic E-state index is 12.0. The van der Waals surface area contributed by atoms with Crippen molar-refractivity contribution in [2.75, 3.05) is 5.73 Å². The van der Waals surface area contributed by atoms with E-state index in [4.69, 9.17) is 10.5 Å². The number of nitrogens with two attached hydrogens (primary N) is 1. The molecule has 0 amide bonds. The lowest BCUT2D eigenvalue weighted by Gasteiger charge is -2.25. The number of rotatable bonds is 1. The summed E-state index contributed by atoms with van der Waals surface area (Å²) in [4.78, 5) is 17.4. The van der Waals surface area contributed by atoms with Crippen LogP contribution in [0.3, 0.4) is 0 Å². The Bertz CT molecular complexity index is 434. The number of hydrogen-bond acceptors (Lipinski definition) is 5. The van der Waals surface area contributed by atoms with Crippen LogP contribution in [-0.2, 0) is 22.4 Å². The highest BCUT2D eigenvalue weighted by molar-refractivity contribution is 7.15. The number of aryl methyl sites for hydroxylation is 1. The van der Waals surface area contributed by atoms with Crippen LogP contribution in [0.4, 0.5) is 5.13 Å². The molecular formula is C12H18N2O2S. The first-order chi connectivity index (χ1) is 7.85. The third kappa shape index (κ3) is 2.97. The first-order valence-electron chi connectivity index (χ1n) is 5.82. The molecule has 1 aromatic heterocycles. The largest absolute Gasteiger partial charge is 0.460 e. The van der Waals surface area contributed by atoms with Crippen molar-refractivity contribution in [2.24, 2.45) is 5.92 Å². The van der Waals surface area contributed by atoms with Crippen molar-refractivity contribution < 1.29 is 9.53 Å². The van der Waals surface area contributed by atoms with Crippen LogP contribution in [0.5, 0.6) is 0 Å². The van der Waals surface area contributed by atoms with Gasteiger partial charge in [0.2, 0.25) is 0 Å². The van der Waals surface area contributed by atoms with Crippen LogP contribution in [0.1, 0.15) is 37.8 Å². The lowest BCUT2D eigenvalue weighted by atomic mass is 9.91. The van der Waals surface area contributed by atoms with Crippen molar-refractivity contribution in [3.8, 4) is 0 Å². The fourth-order valence-corrected chi connectivity index (χ4v) is 2.94. The molecule has 5 heteroatoms. The van der Waals surface area contributed by atoms with Gasteiger partial charge in [-0.1, -0.05) is 0 Å². The summed E-state index contributed by atoms with van der Waals surface area (Å²) in [6, 6.07) is 0. The topological polar surface area (TPSA) is 65.2 Å². The quantitative estimate of drug-likeness (QED) is 0.780. The smallest absolute Gasteiger partial charge is 0.309 e. The molecule has 0 radical (unpaired) electrons. The van der Waals surface area contributed by atoms with E-state index in [9.17, 15) is 4.79 Å². The second kappa shape index (κ2) is 4.29. The van der Waals surface area contributed by atoms with Crippen molar-refractivity contribution in [1.82, 2.24) is 4.98 Å². The van der Waals surface area contributed by atoms with Crippen molar-refractivity contribution in [3.05, 3.63) is 10.6 Å². The number of thiazole rings is 1. The number of ether oxygens (including phenoxy) is 1. The van der Waals surface area contributed by atoms with E-state index in [1.54, 1.807) is 0 Å². The Labute approximate surface area is 105 Å². The van der Waals surface area contributed by atoms with Crippen LogP contribution >= 0.6 is 11.3 Å². The second-order valence-electron chi connectivity index (χ2n) is 5.40. The number of anilines is 1. The summed E-state index contributed by atoms with van der Waals surface area (Å²) in [5.74, 6) is -0.142. The zero-order chi connectivity index (χ0) is 12.6. The zero-order valence-corrected chi connectivity index (χ0v) is 11.3. The van der Waals surface area contributed by atoms with E-state index in [1.165, 1.54) is 11.3 Å². The summed E-state index contributed by atoms with van der Waals surface area (Å²) in [6.07, 6.45) is 2.36. The van der Waals surface area contributed by atoms with E-state index >= 15 is 0 Å². The molecule has 0 spiro atoms. The molecule has 1 atom stereocenters. The molecule has 0 aliphatic heterocycles. The van der Waals surface area contributed by atoms with Crippen LogP contribution in [0.15, 0.2) is 0 Å². The summed E-state index contributed by atoms with van der Waals surface area (Å²) in [6.45, 7) is 5.68. The molecule has 0 fully saturated rings. The van der Waals surface area contributed by atoms with E-state index < -0.39 is 5.60 Å². The Balaban J connectivity index is 2.05. The van der Waals surface area contributed by atoms with Gasteiger partial charge in [0, 0.05) is 4.88 Å². The third-order valence-corrected chi connectivity index (χ3v) is 3.65. The maximum Gasteiger partial charge on any atom is 0.309 e. The molecule has 0 aromatic carbocycles. The molecule has 1 aliphatic rings. The van der Waals surface area contributed by atoms with Crippen molar-refractivity contribution in [3.63, 3.8) is 0 Å². The van der Waals surface area contributed by atoms with Gasteiger partial charge < -0.3 is 10.5 Å². The van der Waals surface area contributed by atoms with Gasteiger partial charge in [0.05, 0.1) is 11.6 Å². The Morgan fingerprint density at radius 1 is 1.53 bits per heavy atom. The van der Waals surface area contributed by atoms with Crippen molar-refractivity contribution in [1.29, 1.82) is 0 Å². The number of nitrogen functional groups attached to an aromatic ring is 1. The Morgan fingerprint density at radius 2 is 2.24 bits per heavy atom. The van der Waals surface area contributed by atoms with Crippen molar-refractivity contribution >= 4 is 22.4 Å². The van der Waals surface area contributed by atoms with Gasteiger partial charge in [-0.05, 0) is 40.0 Å². The highest BCUT2D eigenvalue weighted by Crippen LogP contribution is 2.32. The van der Waals surface area contributed by atoms with Gasteiger partial charge in [-0.25, -0.2) is 4.98 Å². The highest BCUT2D eigenvalue weighted by atomic mass is 32.1. The van der Waals surface area contributed by atoms with E-state index in [2.05, 4.69) is 4.98 Å². The average Bonchev–Trinajstić information content (AvgIpc) is 2.53. The standard InChI is InChI=1S/C12H18N2O2S/c1-12(2,3)16-10(15)7-4-5-8-9(6-7)17-11(13)14-8/h7H,4-6H2,1-3H3,(H2,13,14). The minimum atomic E-state index is -0.413. The number of carbonyl (C=O) groups excluding carboxylic acids is 1. The van der Waals surface area contributed by atoms with Crippen LogP contribution in [0, 0.1) is 5.92 Å². The molecule has 17 heavy (non-hydrogen) atoms. The molecule has 2 rings (SSSR count). The first-order valence-corrected chi connectivity index (χ1v) is 6.64. The Morgan fingerprint density at radius 3 is 2.88 bits per heavy atom.